The van der Waals surface area contributed by atoms with E-state index in [1.165, 1.54) is 4.57 Å². The summed E-state index contributed by atoms with van der Waals surface area (Å²) in [5, 5.41) is 3.32. The lowest BCUT2D eigenvalue weighted by atomic mass is 9.97. The number of benzene rings is 1. The molecule has 0 bridgehead atoms. The quantitative estimate of drug-likeness (QED) is 0.508. The number of rotatable bonds is 7. The number of halogens is 2. The molecule has 0 aliphatic carbocycles. The summed E-state index contributed by atoms with van der Waals surface area (Å²) < 4.78 is 34.9. The Morgan fingerprint density at radius 1 is 1.08 bits per heavy atom. The average molecular weight is 501 g/mol. The molecule has 0 atom stereocenters. The van der Waals surface area contributed by atoms with E-state index in [0.29, 0.717) is 80.5 Å². The van der Waals surface area contributed by atoms with Crippen molar-refractivity contribution in [3.63, 3.8) is 0 Å². The molecule has 2 fully saturated rings. The average Bonchev–Trinajstić information content (AvgIpc) is 3.32. The molecule has 0 spiro atoms. The van der Waals surface area contributed by atoms with Crippen LogP contribution in [0.5, 0.6) is 0 Å². The molecule has 192 valence electrons. The van der Waals surface area contributed by atoms with Crippen molar-refractivity contribution < 1.29 is 18.3 Å². The summed E-state index contributed by atoms with van der Waals surface area (Å²) in [5.74, 6) is 1.29. The Kier molecular flexibility index (Phi) is 7.23. The fourth-order valence-corrected chi connectivity index (χ4v) is 4.75. The molecule has 1 aromatic carbocycles. The molecule has 3 N–H and O–H groups in total. The fraction of sp³-hybridized carbons (Fsp3) is 0.500. The van der Waals surface area contributed by atoms with Gasteiger partial charge in [0.1, 0.15) is 11.6 Å². The van der Waals surface area contributed by atoms with Gasteiger partial charge in [0.25, 0.3) is 6.43 Å². The molecule has 10 nitrogen and oxygen atoms in total. The highest BCUT2D eigenvalue weighted by Gasteiger charge is 2.25. The Morgan fingerprint density at radius 3 is 2.53 bits per heavy atom. The zero-order chi connectivity index (χ0) is 25.1. The number of hydrogen-bond donors (Lipinski definition) is 2. The minimum atomic E-state index is -2.77. The number of likely N-dealkylation sites (tertiary alicyclic amines) is 1. The molecule has 5 rings (SSSR count). The van der Waals surface area contributed by atoms with E-state index < -0.39 is 6.43 Å². The van der Waals surface area contributed by atoms with E-state index >= 15 is 0 Å². The Balaban J connectivity index is 1.44. The van der Waals surface area contributed by atoms with Crippen LogP contribution in [0.15, 0.2) is 30.3 Å². The van der Waals surface area contributed by atoms with E-state index in [4.69, 9.17) is 15.5 Å². The number of amides is 1. The van der Waals surface area contributed by atoms with Crippen molar-refractivity contribution in [3.05, 3.63) is 36.2 Å². The summed E-state index contributed by atoms with van der Waals surface area (Å²) in [6.45, 7) is 4.41. The second-order valence-electron chi connectivity index (χ2n) is 9.01. The maximum Gasteiger partial charge on any atom is 0.296 e. The normalized spacial score (nSPS) is 17.2. The predicted molar refractivity (Wildman–Crippen MR) is 131 cm³/mol. The number of piperidine rings is 1. The number of hydrogen-bond acceptors (Lipinski definition) is 8. The van der Waals surface area contributed by atoms with Crippen LogP contribution in [0, 0.1) is 5.92 Å². The molecule has 0 saturated carbocycles. The number of nitrogens with one attached hydrogen (secondary N) is 1. The molecule has 1 amide bonds. The first-order chi connectivity index (χ1) is 17.5. The van der Waals surface area contributed by atoms with Crippen LogP contribution in [0.25, 0.3) is 16.9 Å². The van der Waals surface area contributed by atoms with E-state index in [1.807, 2.05) is 0 Å². The van der Waals surface area contributed by atoms with Crippen molar-refractivity contribution in [2.45, 2.75) is 19.3 Å². The monoisotopic (exact) mass is 500 g/mol. The maximum atomic E-state index is 14.0. The number of imidazole rings is 1. The van der Waals surface area contributed by atoms with Gasteiger partial charge in [-0.3, -0.25) is 9.36 Å². The summed E-state index contributed by atoms with van der Waals surface area (Å²) in [6.07, 6.45) is -1.08. The molecule has 36 heavy (non-hydrogen) atoms. The Labute approximate surface area is 207 Å². The summed E-state index contributed by atoms with van der Waals surface area (Å²) in [7, 11) is 0. The summed E-state index contributed by atoms with van der Waals surface area (Å²) in [4.78, 5) is 29.2. The second kappa shape index (κ2) is 10.7. The number of para-hydroxylation sites is 2. The first-order valence-electron chi connectivity index (χ1n) is 12.2. The summed E-state index contributed by atoms with van der Waals surface area (Å²) in [5.41, 5.74) is 6.52. The lowest BCUT2D eigenvalue weighted by molar-refractivity contribution is -0.130. The van der Waals surface area contributed by atoms with Crippen molar-refractivity contribution in [3.8, 4) is 5.82 Å². The van der Waals surface area contributed by atoms with Gasteiger partial charge in [0.2, 0.25) is 11.9 Å². The SMILES string of the molecule is NCC(=O)N1CCC(CNc2nc(N3CCOCC3)cc(-n3c(C(F)F)nc4ccccc43)n2)CC1. The highest BCUT2D eigenvalue weighted by molar-refractivity contribution is 5.78. The van der Waals surface area contributed by atoms with Crippen LogP contribution < -0.4 is 16.0 Å². The van der Waals surface area contributed by atoms with Crippen LogP contribution in [0.1, 0.15) is 25.1 Å². The molecule has 4 heterocycles. The van der Waals surface area contributed by atoms with Gasteiger partial charge in [-0.1, -0.05) is 12.1 Å². The van der Waals surface area contributed by atoms with Crippen LogP contribution >= 0.6 is 0 Å². The minimum absolute atomic E-state index is 0.0252. The minimum Gasteiger partial charge on any atom is -0.378 e. The molecule has 0 radical (unpaired) electrons. The van der Waals surface area contributed by atoms with E-state index in [1.54, 1.807) is 35.2 Å². The number of alkyl halides is 2. The van der Waals surface area contributed by atoms with E-state index in [2.05, 4.69) is 20.2 Å². The van der Waals surface area contributed by atoms with Crippen molar-refractivity contribution in [2.75, 3.05) is 62.7 Å². The third-order valence-corrected chi connectivity index (χ3v) is 6.74. The van der Waals surface area contributed by atoms with Gasteiger partial charge in [-0.15, -0.1) is 0 Å². The number of anilines is 2. The molecule has 2 aliphatic heterocycles. The van der Waals surface area contributed by atoms with Crippen LogP contribution in [-0.2, 0) is 9.53 Å². The third-order valence-electron chi connectivity index (χ3n) is 6.74. The summed E-state index contributed by atoms with van der Waals surface area (Å²) in [6, 6.07) is 8.76. The van der Waals surface area contributed by atoms with E-state index in [0.717, 1.165) is 12.8 Å². The molecule has 3 aromatic rings. The van der Waals surface area contributed by atoms with Gasteiger partial charge in [-0.05, 0) is 30.9 Å². The first-order valence-corrected chi connectivity index (χ1v) is 12.2. The Hall–Kier alpha value is -3.38. The van der Waals surface area contributed by atoms with Crippen molar-refractivity contribution in [1.29, 1.82) is 0 Å². The van der Waals surface area contributed by atoms with Gasteiger partial charge in [0.15, 0.2) is 5.82 Å². The van der Waals surface area contributed by atoms with Gasteiger partial charge in [0.05, 0.1) is 30.8 Å². The number of fused-ring (bicyclic) bond motifs is 1. The number of morpholine rings is 1. The topological polar surface area (TPSA) is 114 Å². The molecule has 2 aliphatic rings. The summed E-state index contributed by atoms with van der Waals surface area (Å²) >= 11 is 0. The van der Waals surface area contributed by atoms with Crippen LogP contribution in [-0.4, -0.2) is 82.8 Å². The highest BCUT2D eigenvalue weighted by atomic mass is 19.3. The fourth-order valence-electron chi connectivity index (χ4n) is 4.75. The number of nitrogens with two attached hydrogens (primary N) is 1. The van der Waals surface area contributed by atoms with Gasteiger partial charge in [-0.2, -0.15) is 9.97 Å². The Morgan fingerprint density at radius 2 is 1.81 bits per heavy atom. The predicted octanol–water partition coefficient (Wildman–Crippen LogP) is 2.20. The maximum absolute atomic E-state index is 14.0. The number of aromatic nitrogens is 4. The van der Waals surface area contributed by atoms with Gasteiger partial charge in [0, 0.05) is 38.8 Å². The largest absolute Gasteiger partial charge is 0.378 e. The number of carbonyl (C=O) groups is 1. The van der Waals surface area contributed by atoms with Crippen LogP contribution in [0.2, 0.25) is 0 Å². The highest BCUT2D eigenvalue weighted by Crippen LogP contribution is 2.29. The van der Waals surface area contributed by atoms with Gasteiger partial charge in [-0.25, -0.2) is 13.8 Å². The van der Waals surface area contributed by atoms with Crippen molar-refractivity contribution in [2.24, 2.45) is 11.7 Å². The zero-order valence-corrected chi connectivity index (χ0v) is 19.9. The van der Waals surface area contributed by atoms with Crippen LogP contribution in [0.3, 0.4) is 0 Å². The lowest BCUT2D eigenvalue weighted by Crippen LogP contribution is -2.42. The lowest BCUT2D eigenvalue weighted by Gasteiger charge is -2.32. The molecule has 2 saturated heterocycles. The molecule has 2 aromatic heterocycles. The van der Waals surface area contributed by atoms with Gasteiger partial charge >= 0.3 is 0 Å². The smallest absolute Gasteiger partial charge is 0.296 e. The third kappa shape index (κ3) is 5.09. The van der Waals surface area contributed by atoms with Crippen LogP contribution in [0.4, 0.5) is 20.5 Å². The number of carbonyl (C=O) groups excluding carboxylic acids is 1. The standard InChI is InChI=1S/C24H30F2N8O2/c25-22(26)23-29-17-3-1-2-4-18(17)34(23)20-13-19(32-9-11-36-12-10-32)30-24(31-20)28-15-16-5-7-33(8-6-16)21(35)14-27/h1-4,13,16,22H,5-12,14-15,27H2,(H,28,30,31). The van der Waals surface area contributed by atoms with E-state index in [-0.39, 0.29) is 18.3 Å². The second-order valence-corrected chi connectivity index (χ2v) is 9.01. The molecular weight excluding hydrogens is 470 g/mol. The van der Waals surface area contributed by atoms with Crippen molar-refractivity contribution in [1.82, 2.24) is 24.4 Å². The molecule has 12 heteroatoms. The number of ether oxygens (including phenoxy) is 1. The molecular formula is C24H30F2N8O2. The van der Waals surface area contributed by atoms with Gasteiger partial charge < -0.3 is 25.6 Å². The first kappa shape index (κ1) is 24.3. The van der Waals surface area contributed by atoms with E-state index in [9.17, 15) is 13.6 Å². The van der Waals surface area contributed by atoms with Crippen molar-refractivity contribution >= 4 is 28.7 Å². The molecule has 0 unspecified atom stereocenters. The Bertz CT molecular complexity index is 1210. The zero-order valence-electron chi connectivity index (χ0n) is 19.9. The number of nitrogens with zero attached hydrogens (tertiary/aromatic N) is 6.